The lowest BCUT2D eigenvalue weighted by Crippen LogP contribution is -2.24. The van der Waals surface area contributed by atoms with Crippen LogP contribution in [0.15, 0.2) is 34.4 Å². The van der Waals surface area contributed by atoms with Crippen LogP contribution < -0.4 is 4.34 Å². The summed E-state index contributed by atoms with van der Waals surface area (Å²) >= 11 is 6.07. The largest absolute Gasteiger partial charge is 0.318 e. The van der Waals surface area contributed by atoms with E-state index in [0.717, 1.165) is 0 Å². The number of ketones is 2. The second-order valence-electron chi connectivity index (χ2n) is 2.99. The van der Waals surface area contributed by atoms with Gasteiger partial charge in [0.2, 0.25) is 11.6 Å². The first-order valence-electron chi connectivity index (χ1n) is 4.11. The van der Waals surface area contributed by atoms with Crippen molar-refractivity contribution in [1.82, 2.24) is 4.34 Å². The van der Waals surface area contributed by atoms with Crippen molar-refractivity contribution in [3.63, 3.8) is 0 Å². The molecule has 1 aliphatic carbocycles. The summed E-state index contributed by atoms with van der Waals surface area (Å²) in [6.45, 7) is 0. The normalized spacial score (nSPS) is 15.3. The van der Waals surface area contributed by atoms with Gasteiger partial charge in [0.05, 0.1) is 4.48 Å². The second kappa shape index (κ2) is 3.90. The van der Waals surface area contributed by atoms with E-state index in [2.05, 4.69) is 36.4 Å². The number of benzene rings is 1. The fraction of sp³-hybridized carbons (Fsp3) is 0. The molecule has 0 atom stereocenters. The topological polar surface area (TPSA) is 46.2 Å². The maximum atomic E-state index is 11.9. The third kappa shape index (κ3) is 1.55. The highest BCUT2D eigenvalue weighted by atomic mass is 79.9. The van der Waals surface area contributed by atoms with Gasteiger partial charge in [-0.25, -0.2) is 0 Å². The van der Waals surface area contributed by atoms with Gasteiger partial charge in [-0.3, -0.25) is 9.59 Å². The molecule has 2 rings (SSSR count). The number of hydrogen-bond acceptors (Lipinski definition) is 3. The van der Waals surface area contributed by atoms with Crippen LogP contribution in [0.2, 0.25) is 0 Å². The van der Waals surface area contributed by atoms with Gasteiger partial charge in [0.15, 0.2) is 0 Å². The molecular weight excluding hydrogens is 326 g/mol. The molecule has 0 unspecified atom stereocenters. The Kier molecular flexibility index (Phi) is 2.75. The Hall–Kier alpha value is -0.940. The maximum Gasteiger partial charge on any atom is 0.211 e. The predicted octanol–water partition coefficient (Wildman–Crippen LogP) is 2.57. The molecule has 0 bridgehead atoms. The van der Waals surface area contributed by atoms with Crippen molar-refractivity contribution in [2.24, 2.45) is 0 Å². The molecule has 0 heterocycles. The van der Waals surface area contributed by atoms with E-state index in [-0.39, 0.29) is 21.7 Å². The average molecular weight is 331 g/mol. The van der Waals surface area contributed by atoms with Crippen molar-refractivity contribution in [3.8, 4) is 0 Å². The van der Waals surface area contributed by atoms with E-state index in [0.29, 0.717) is 11.1 Å². The molecule has 0 aliphatic heterocycles. The van der Waals surface area contributed by atoms with Crippen LogP contribution in [0.1, 0.15) is 20.7 Å². The minimum Gasteiger partial charge on any atom is -0.318 e. The van der Waals surface area contributed by atoms with Crippen molar-refractivity contribution in [3.05, 3.63) is 45.6 Å². The minimum absolute atomic E-state index is 0.188. The van der Waals surface area contributed by atoms with Gasteiger partial charge in [-0.1, -0.05) is 24.3 Å². The fourth-order valence-corrected chi connectivity index (χ4v) is 2.57. The Bertz CT molecular complexity index is 494. The Balaban J connectivity index is 2.68. The van der Waals surface area contributed by atoms with Crippen molar-refractivity contribution in [2.45, 2.75) is 0 Å². The number of halogens is 2. The summed E-state index contributed by atoms with van der Waals surface area (Å²) in [6, 6.07) is 6.74. The van der Waals surface area contributed by atoms with Crippen LogP contribution in [-0.2, 0) is 0 Å². The fourth-order valence-electron chi connectivity index (χ4n) is 1.43. The molecule has 1 aromatic rings. The molecule has 1 N–H and O–H groups in total. The van der Waals surface area contributed by atoms with Crippen molar-refractivity contribution in [1.29, 1.82) is 0 Å². The molecule has 3 nitrogen and oxygen atoms in total. The first-order chi connectivity index (χ1) is 7.16. The molecule has 1 aliphatic rings. The molecule has 0 saturated carbocycles. The third-order valence-electron chi connectivity index (χ3n) is 2.16. The molecule has 0 radical (unpaired) electrons. The molecule has 15 heavy (non-hydrogen) atoms. The van der Waals surface area contributed by atoms with Crippen LogP contribution in [0.3, 0.4) is 0 Å². The van der Waals surface area contributed by atoms with Gasteiger partial charge in [-0.15, -0.1) is 0 Å². The van der Waals surface area contributed by atoms with Gasteiger partial charge in [0.1, 0.15) is 5.70 Å². The van der Waals surface area contributed by atoms with E-state index in [4.69, 9.17) is 0 Å². The highest BCUT2D eigenvalue weighted by molar-refractivity contribution is 9.12. The van der Waals surface area contributed by atoms with Crippen molar-refractivity contribution < 1.29 is 9.59 Å². The lowest BCUT2D eigenvalue weighted by Gasteiger charge is -2.16. The summed E-state index contributed by atoms with van der Waals surface area (Å²) in [4.78, 5) is 23.7. The van der Waals surface area contributed by atoms with Crippen LogP contribution in [0.5, 0.6) is 0 Å². The molecule has 1 aromatic carbocycles. The average Bonchev–Trinajstić information content (AvgIpc) is 2.27. The van der Waals surface area contributed by atoms with Gasteiger partial charge in [-0.05, 0) is 15.9 Å². The van der Waals surface area contributed by atoms with E-state index in [1.54, 1.807) is 24.3 Å². The number of hydrogen-bond donors (Lipinski definition) is 1. The lowest BCUT2D eigenvalue weighted by molar-refractivity contribution is 0.0979. The van der Waals surface area contributed by atoms with Crippen LogP contribution in [0.4, 0.5) is 0 Å². The molecule has 0 aromatic heterocycles. The quantitative estimate of drug-likeness (QED) is 0.805. The number of fused-ring (bicyclic) bond motifs is 1. The zero-order chi connectivity index (χ0) is 11.0. The summed E-state index contributed by atoms with van der Waals surface area (Å²) in [5, 5.41) is 0. The van der Waals surface area contributed by atoms with Crippen LogP contribution in [0, 0.1) is 0 Å². The second-order valence-corrected chi connectivity index (χ2v) is 4.18. The minimum atomic E-state index is -0.200. The van der Waals surface area contributed by atoms with E-state index >= 15 is 0 Å². The lowest BCUT2D eigenvalue weighted by atomic mass is 9.93. The number of Topliss-reactive ketones (excluding diaryl/α,β-unsaturated/α-hetero) is 2. The number of carbonyl (C=O) groups is 2. The van der Waals surface area contributed by atoms with E-state index in [1.807, 2.05) is 0 Å². The summed E-state index contributed by atoms with van der Waals surface area (Å²) in [7, 11) is 0. The molecule has 0 fully saturated rings. The van der Waals surface area contributed by atoms with Crippen LogP contribution in [-0.4, -0.2) is 11.6 Å². The maximum absolute atomic E-state index is 11.9. The molecule has 5 heteroatoms. The first kappa shape index (κ1) is 10.6. The standard InChI is InChI=1S/C10H5Br2NO2/c11-7-8(13-12)10(15)6-4-2-1-3-5(6)9(7)14/h1-4,13H. The summed E-state index contributed by atoms with van der Waals surface area (Å²) < 4.78 is 2.80. The smallest absolute Gasteiger partial charge is 0.211 e. The Morgan fingerprint density at radius 3 is 2.07 bits per heavy atom. The molecule has 76 valence electrons. The zero-order valence-electron chi connectivity index (χ0n) is 7.38. The van der Waals surface area contributed by atoms with Gasteiger partial charge in [-0.2, -0.15) is 0 Å². The SMILES string of the molecule is O=C1C(Br)=C(NBr)C(=O)c2ccccc21. The third-order valence-corrected chi connectivity index (χ3v) is 3.31. The van der Waals surface area contributed by atoms with Crippen molar-refractivity contribution >= 4 is 43.6 Å². The van der Waals surface area contributed by atoms with Gasteiger partial charge in [0, 0.05) is 27.3 Å². The summed E-state index contributed by atoms with van der Waals surface area (Å²) in [5.74, 6) is -0.388. The van der Waals surface area contributed by atoms with Crippen LogP contribution in [0.25, 0.3) is 0 Å². The van der Waals surface area contributed by atoms with Gasteiger partial charge < -0.3 is 4.34 Å². The predicted molar refractivity (Wildman–Crippen MR) is 63.1 cm³/mol. The Morgan fingerprint density at radius 2 is 1.53 bits per heavy atom. The van der Waals surface area contributed by atoms with E-state index in [1.165, 1.54) is 0 Å². The first-order valence-corrected chi connectivity index (χ1v) is 5.70. The molecular formula is C10H5Br2NO2. The van der Waals surface area contributed by atoms with Gasteiger partial charge >= 0.3 is 0 Å². The number of allylic oxidation sites excluding steroid dienone is 2. The molecule has 0 amide bonds. The summed E-state index contributed by atoms with van der Waals surface area (Å²) in [6.07, 6.45) is 0. The molecule has 0 spiro atoms. The van der Waals surface area contributed by atoms with Crippen molar-refractivity contribution in [2.75, 3.05) is 0 Å². The molecule has 0 saturated heterocycles. The Morgan fingerprint density at radius 1 is 1.00 bits per heavy atom. The number of nitrogens with one attached hydrogen (secondary N) is 1. The highest BCUT2D eigenvalue weighted by Gasteiger charge is 2.30. The zero-order valence-corrected chi connectivity index (χ0v) is 10.6. The monoisotopic (exact) mass is 329 g/mol. The van der Waals surface area contributed by atoms with E-state index < -0.39 is 0 Å². The number of carbonyl (C=O) groups excluding carboxylic acids is 2. The van der Waals surface area contributed by atoms with Gasteiger partial charge in [0.25, 0.3) is 0 Å². The number of rotatable bonds is 1. The van der Waals surface area contributed by atoms with Crippen LogP contribution >= 0.6 is 32.1 Å². The van der Waals surface area contributed by atoms with E-state index in [9.17, 15) is 9.59 Å². The summed E-state index contributed by atoms with van der Waals surface area (Å²) in [5.41, 5.74) is 1.09. The Labute approximate surface area is 103 Å². The highest BCUT2D eigenvalue weighted by Crippen LogP contribution is 2.28.